The number of aromatic nitrogens is 4. The molecule has 0 amide bonds. The van der Waals surface area contributed by atoms with Crippen molar-refractivity contribution in [2.75, 3.05) is 12.4 Å². The van der Waals surface area contributed by atoms with E-state index in [0.717, 1.165) is 10.1 Å². The molecule has 3 rings (SSSR count). The van der Waals surface area contributed by atoms with Crippen LogP contribution in [-0.2, 0) is 29.5 Å². The molecule has 0 unspecified atom stereocenters. The van der Waals surface area contributed by atoms with Crippen molar-refractivity contribution in [3.05, 3.63) is 55.7 Å². The van der Waals surface area contributed by atoms with E-state index in [1.165, 1.54) is 9.13 Å². The summed E-state index contributed by atoms with van der Waals surface area (Å²) in [6.07, 6.45) is 0.602. The van der Waals surface area contributed by atoms with Crippen LogP contribution in [0.3, 0.4) is 0 Å². The molecule has 0 aliphatic carbocycles. The van der Waals surface area contributed by atoms with Gasteiger partial charge < -0.3 is 9.67 Å². The number of rotatable bonds is 9. The van der Waals surface area contributed by atoms with Gasteiger partial charge in [-0.3, -0.25) is 13.9 Å². The minimum Gasteiger partial charge on any atom is -0.396 e. The van der Waals surface area contributed by atoms with Gasteiger partial charge in [-0.2, -0.15) is 4.98 Å². The zero-order valence-corrected chi connectivity index (χ0v) is 19.0. The number of hydrogen-bond donors (Lipinski definition) is 1. The zero-order valence-electron chi connectivity index (χ0n) is 17.4. The first-order valence-corrected chi connectivity index (χ1v) is 12.1. The maximum atomic E-state index is 13.3. The number of imidazole rings is 1. The summed E-state index contributed by atoms with van der Waals surface area (Å²) in [5, 5.41) is 9.45. The largest absolute Gasteiger partial charge is 0.396 e. The van der Waals surface area contributed by atoms with Crippen LogP contribution in [0.5, 0.6) is 0 Å². The lowest BCUT2D eigenvalue weighted by Crippen LogP contribution is -2.40. The van der Waals surface area contributed by atoms with E-state index >= 15 is 0 Å². The highest BCUT2D eigenvalue weighted by molar-refractivity contribution is 7.91. The van der Waals surface area contributed by atoms with Gasteiger partial charge in [-0.25, -0.2) is 13.2 Å². The standard InChI is InChI=1S/C20H25ClN4O5S/c1-3-12-31(29,30)19-22-17-16(25(19)13-14-6-8-15(21)9-7-14)18(27)24(10-5-11-26)20(28)23(17)4-2/h6-9,26H,3-5,10-13H2,1-2H3. The Morgan fingerprint density at radius 1 is 1.06 bits per heavy atom. The second-order valence-corrected chi connectivity index (χ2v) is 9.60. The molecule has 0 atom stereocenters. The van der Waals surface area contributed by atoms with E-state index in [9.17, 15) is 18.0 Å². The van der Waals surface area contributed by atoms with Crippen molar-refractivity contribution < 1.29 is 13.5 Å². The molecule has 0 aliphatic rings. The molecule has 0 radical (unpaired) electrons. The van der Waals surface area contributed by atoms with Crippen molar-refractivity contribution in [1.82, 2.24) is 18.7 Å². The quantitative estimate of drug-likeness (QED) is 0.510. The summed E-state index contributed by atoms with van der Waals surface area (Å²) in [5.74, 6) is -0.133. The lowest BCUT2D eigenvalue weighted by Gasteiger charge is -2.12. The van der Waals surface area contributed by atoms with E-state index < -0.39 is 21.1 Å². The van der Waals surface area contributed by atoms with Gasteiger partial charge in [0.25, 0.3) is 5.56 Å². The highest BCUT2D eigenvalue weighted by Crippen LogP contribution is 2.21. The van der Waals surface area contributed by atoms with Gasteiger partial charge in [-0.15, -0.1) is 0 Å². The maximum absolute atomic E-state index is 13.3. The topological polar surface area (TPSA) is 116 Å². The van der Waals surface area contributed by atoms with E-state index in [2.05, 4.69) is 4.98 Å². The monoisotopic (exact) mass is 468 g/mol. The van der Waals surface area contributed by atoms with Crippen molar-refractivity contribution >= 4 is 32.6 Å². The summed E-state index contributed by atoms with van der Waals surface area (Å²) in [6, 6.07) is 6.84. The maximum Gasteiger partial charge on any atom is 0.332 e. The van der Waals surface area contributed by atoms with Gasteiger partial charge in [-0.05, 0) is 37.5 Å². The number of benzene rings is 1. The van der Waals surface area contributed by atoms with Crippen LogP contribution in [0.2, 0.25) is 5.02 Å². The Balaban J connectivity index is 2.39. The molecular formula is C20H25ClN4O5S. The van der Waals surface area contributed by atoms with Crippen molar-refractivity contribution in [2.45, 2.75) is 51.5 Å². The number of aryl methyl sites for hydroxylation is 1. The smallest absolute Gasteiger partial charge is 0.332 e. The van der Waals surface area contributed by atoms with Crippen LogP contribution in [0.15, 0.2) is 39.0 Å². The number of nitrogens with zero attached hydrogens (tertiary/aromatic N) is 4. The molecule has 0 fully saturated rings. The lowest BCUT2D eigenvalue weighted by atomic mass is 10.2. The molecule has 0 bridgehead atoms. The summed E-state index contributed by atoms with van der Waals surface area (Å²) >= 11 is 5.96. The van der Waals surface area contributed by atoms with Gasteiger partial charge in [0.2, 0.25) is 15.0 Å². The van der Waals surface area contributed by atoms with Crippen LogP contribution in [0, 0.1) is 0 Å². The van der Waals surface area contributed by atoms with Crippen LogP contribution in [-0.4, -0.2) is 44.6 Å². The van der Waals surface area contributed by atoms with Gasteiger partial charge in [-0.1, -0.05) is 30.7 Å². The first-order valence-electron chi connectivity index (χ1n) is 10.1. The summed E-state index contributed by atoms with van der Waals surface area (Å²) in [6.45, 7) is 3.58. The van der Waals surface area contributed by atoms with E-state index in [1.54, 1.807) is 38.1 Å². The van der Waals surface area contributed by atoms with Crippen LogP contribution in [0.4, 0.5) is 0 Å². The molecule has 0 spiro atoms. The molecule has 2 aromatic heterocycles. The predicted molar refractivity (Wildman–Crippen MR) is 119 cm³/mol. The first-order chi connectivity index (χ1) is 14.7. The number of hydrogen-bond acceptors (Lipinski definition) is 6. The van der Waals surface area contributed by atoms with Crippen LogP contribution < -0.4 is 11.2 Å². The van der Waals surface area contributed by atoms with E-state index in [4.69, 9.17) is 16.7 Å². The molecule has 1 N–H and O–H groups in total. The summed E-state index contributed by atoms with van der Waals surface area (Å²) in [7, 11) is -3.79. The normalized spacial score (nSPS) is 12.0. The fourth-order valence-corrected chi connectivity index (χ4v) is 5.06. The second-order valence-electron chi connectivity index (χ2n) is 7.16. The Hall–Kier alpha value is -2.43. The van der Waals surface area contributed by atoms with Crippen molar-refractivity contribution in [1.29, 1.82) is 0 Å². The Kier molecular flexibility index (Phi) is 7.03. The number of fused-ring (bicyclic) bond motifs is 1. The molecule has 2 heterocycles. The average Bonchev–Trinajstić information content (AvgIpc) is 3.10. The second kappa shape index (κ2) is 9.37. The molecule has 0 aliphatic heterocycles. The molecule has 9 nitrogen and oxygen atoms in total. The van der Waals surface area contributed by atoms with Gasteiger partial charge in [0.1, 0.15) is 0 Å². The Morgan fingerprint density at radius 2 is 1.74 bits per heavy atom. The Bertz CT molecular complexity index is 1310. The summed E-state index contributed by atoms with van der Waals surface area (Å²) in [5.41, 5.74) is -0.390. The fraction of sp³-hybridized carbons (Fsp3) is 0.450. The fourth-order valence-electron chi connectivity index (χ4n) is 3.50. The molecule has 1 aromatic carbocycles. The third-order valence-corrected chi connectivity index (χ3v) is 7.01. The minimum atomic E-state index is -3.79. The molecule has 0 saturated heterocycles. The van der Waals surface area contributed by atoms with E-state index in [0.29, 0.717) is 11.4 Å². The average molecular weight is 469 g/mol. The van der Waals surface area contributed by atoms with E-state index in [-0.39, 0.29) is 54.7 Å². The van der Waals surface area contributed by atoms with Crippen molar-refractivity contribution in [3.8, 4) is 0 Å². The third-order valence-electron chi connectivity index (χ3n) is 4.94. The minimum absolute atomic E-state index is 0.0211. The molecule has 0 saturated carbocycles. The van der Waals surface area contributed by atoms with Crippen LogP contribution in [0.1, 0.15) is 32.3 Å². The van der Waals surface area contributed by atoms with Gasteiger partial charge in [0.15, 0.2) is 11.2 Å². The number of sulfone groups is 1. The first kappa shape index (κ1) is 23.2. The third kappa shape index (κ3) is 4.46. The van der Waals surface area contributed by atoms with Crippen LogP contribution in [0.25, 0.3) is 11.2 Å². The lowest BCUT2D eigenvalue weighted by molar-refractivity contribution is 0.277. The SMILES string of the molecule is CCCS(=O)(=O)c1nc2c(c(=O)n(CCCO)c(=O)n2CC)n1Cc1ccc(Cl)cc1. The van der Waals surface area contributed by atoms with E-state index in [1.807, 2.05) is 0 Å². The van der Waals surface area contributed by atoms with Gasteiger partial charge in [0, 0.05) is 24.7 Å². The van der Waals surface area contributed by atoms with Crippen molar-refractivity contribution in [3.63, 3.8) is 0 Å². The zero-order chi connectivity index (χ0) is 22.8. The number of aliphatic hydroxyl groups is 1. The number of halogens is 1. The molecule has 31 heavy (non-hydrogen) atoms. The molecule has 3 aromatic rings. The van der Waals surface area contributed by atoms with Crippen LogP contribution >= 0.6 is 11.6 Å². The highest BCUT2D eigenvalue weighted by atomic mass is 35.5. The number of aliphatic hydroxyl groups excluding tert-OH is 1. The van der Waals surface area contributed by atoms with Gasteiger partial charge in [0.05, 0.1) is 12.3 Å². The molecular weight excluding hydrogens is 444 g/mol. The molecule has 168 valence electrons. The Labute approximate surface area is 184 Å². The predicted octanol–water partition coefficient (Wildman–Crippen LogP) is 1.65. The summed E-state index contributed by atoms with van der Waals surface area (Å²) in [4.78, 5) is 30.4. The molecule has 11 heteroatoms. The van der Waals surface area contributed by atoms with Gasteiger partial charge >= 0.3 is 5.69 Å². The van der Waals surface area contributed by atoms with Crippen molar-refractivity contribution in [2.24, 2.45) is 0 Å². The summed E-state index contributed by atoms with van der Waals surface area (Å²) < 4.78 is 29.7. The Morgan fingerprint density at radius 3 is 2.32 bits per heavy atom. The highest BCUT2D eigenvalue weighted by Gasteiger charge is 2.28.